The second-order valence-corrected chi connectivity index (χ2v) is 7.65. The van der Waals surface area contributed by atoms with Gasteiger partial charge in [-0.15, -0.1) is 21.5 Å². The van der Waals surface area contributed by atoms with Gasteiger partial charge in [-0.2, -0.15) is 4.80 Å². The average Bonchev–Trinajstić information content (AvgIpc) is 3.44. The van der Waals surface area contributed by atoms with E-state index in [1.165, 1.54) is 30.4 Å². The molecule has 4 rings (SSSR count). The Morgan fingerprint density at radius 2 is 1.52 bits per heavy atom. The monoisotopic (exact) mass is 434 g/mol. The van der Waals surface area contributed by atoms with Gasteiger partial charge in [0, 0.05) is 15.3 Å². The van der Waals surface area contributed by atoms with Crippen molar-refractivity contribution in [1.82, 2.24) is 20.2 Å². The third kappa shape index (κ3) is 4.08. The maximum absolute atomic E-state index is 12.0. The number of hydrogen-bond acceptors (Lipinski definition) is 8. The lowest BCUT2D eigenvalue weighted by molar-refractivity contribution is 0.0592. The number of thiophene rings is 1. The molecule has 8 nitrogen and oxygen atoms in total. The van der Waals surface area contributed by atoms with Gasteiger partial charge in [-0.05, 0) is 46.7 Å². The molecule has 0 aliphatic heterocycles. The summed E-state index contributed by atoms with van der Waals surface area (Å²) in [7, 11) is 4.40. The highest BCUT2D eigenvalue weighted by molar-refractivity contribution is 7.19. The molecule has 31 heavy (non-hydrogen) atoms. The highest BCUT2D eigenvalue weighted by Gasteiger charge is 2.19. The van der Waals surface area contributed by atoms with Crippen LogP contribution >= 0.6 is 11.3 Å². The SMILES string of the molecule is COC(=O)c1cccc(-c2cc(-c3nnn(C)n3)c(-c3cccc(C(=O)OC)c3)s2)c1. The van der Waals surface area contributed by atoms with Gasteiger partial charge < -0.3 is 9.47 Å². The quantitative estimate of drug-likeness (QED) is 0.440. The first-order valence-electron chi connectivity index (χ1n) is 9.26. The molecule has 0 radical (unpaired) electrons. The van der Waals surface area contributed by atoms with E-state index in [0.29, 0.717) is 17.0 Å². The fourth-order valence-electron chi connectivity index (χ4n) is 3.13. The Hall–Kier alpha value is -3.85. The van der Waals surface area contributed by atoms with Crippen molar-refractivity contribution in [3.8, 4) is 32.3 Å². The normalized spacial score (nSPS) is 10.7. The molecule has 0 saturated carbocycles. The van der Waals surface area contributed by atoms with Gasteiger partial charge in [0.2, 0.25) is 5.82 Å². The highest BCUT2D eigenvalue weighted by atomic mass is 32.1. The summed E-state index contributed by atoms with van der Waals surface area (Å²) in [6.45, 7) is 0. The lowest BCUT2D eigenvalue weighted by atomic mass is 10.0. The minimum atomic E-state index is -0.413. The molecule has 0 aliphatic rings. The number of nitrogens with zero attached hydrogens (tertiary/aromatic N) is 4. The van der Waals surface area contributed by atoms with E-state index in [0.717, 1.165) is 26.4 Å². The average molecular weight is 434 g/mol. The molecule has 0 amide bonds. The number of hydrogen-bond donors (Lipinski definition) is 0. The fourth-order valence-corrected chi connectivity index (χ4v) is 4.27. The van der Waals surface area contributed by atoms with Crippen molar-refractivity contribution in [2.24, 2.45) is 7.05 Å². The number of tetrazole rings is 1. The third-order valence-corrected chi connectivity index (χ3v) is 5.83. The van der Waals surface area contributed by atoms with Crippen LogP contribution in [0.3, 0.4) is 0 Å². The molecular weight excluding hydrogens is 416 g/mol. The molecule has 0 unspecified atom stereocenters. The Morgan fingerprint density at radius 3 is 2.10 bits per heavy atom. The lowest BCUT2D eigenvalue weighted by Gasteiger charge is -2.04. The zero-order valence-electron chi connectivity index (χ0n) is 17.0. The number of esters is 2. The molecule has 0 spiro atoms. The largest absolute Gasteiger partial charge is 0.465 e. The molecule has 0 saturated heterocycles. The summed E-state index contributed by atoms with van der Waals surface area (Å²) in [6, 6.07) is 16.3. The topological polar surface area (TPSA) is 96.2 Å². The summed E-state index contributed by atoms with van der Waals surface area (Å²) in [5.74, 6) is -0.351. The number of benzene rings is 2. The second-order valence-electron chi connectivity index (χ2n) is 6.60. The van der Waals surface area contributed by atoms with Gasteiger partial charge in [0.05, 0.1) is 32.4 Å². The summed E-state index contributed by atoms with van der Waals surface area (Å²) >= 11 is 1.50. The van der Waals surface area contributed by atoms with Crippen molar-refractivity contribution in [2.75, 3.05) is 14.2 Å². The van der Waals surface area contributed by atoms with Gasteiger partial charge in [0.25, 0.3) is 0 Å². The Labute approximate surface area is 182 Å². The van der Waals surface area contributed by atoms with Crippen LogP contribution in [0.15, 0.2) is 54.6 Å². The first kappa shape index (κ1) is 20.4. The molecule has 0 aliphatic carbocycles. The second kappa shape index (κ2) is 8.49. The van der Waals surface area contributed by atoms with Crippen molar-refractivity contribution < 1.29 is 19.1 Å². The first-order chi connectivity index (χ1) is 15.0. The van der Waals surface area contributed by atoms with Gasteiger partial charge >= 0.3 is 11.9 Å². The van der Waals surface area contributed by atoms with Crippen LogP contribution in [0.4, 0.5) is 0 Å². The van der Waals surface area contributed by atoms with Gasteiger partial charge in [0.1, 0.15) is 0 Å². The van der Waals surface area contributed by atoms with E-state index in [9.17, 15) is 9.59 Å². The van der Waals surface area contributed by atoms with Crippen molar-refractivity contribution in [2.45, 2.75) is 0 Å². The van der Waals surface area contributed by atoms with Gasteiger partial charge in [-0.3, -0.25) is 0 Å². The molecular formula is C22H18N4O4S. The van der Waals surface area contributed by atoms with Crippen LogP contribution in [-0.2, 0) is 16.5 Å². The number of carbonyl (C=O) groups excluding carboxylic acids is 2. The van der Waals surface area contributed by atoms with Crippen LogP contribution in [0.2, 0.25) is 0 Å². The molecule has 156 valence electrons. The zero-order valence-corrected chi connectivity index (χ0v) is 17.8. The molecule has 2 aromatic carbocycles. The Morgan fingerprint density at radius 1 is 0.903 bits per heavy atom. The number of methoxy groups -OCH3 is 2. The molecule has 9 heteroatoms. The molecule has 0 fully saturated rings. The van der Waals surface area contributed by atoms with E-state index in [4.69, 9.17) is 9.47 Å². The molecule has 2 heterocycles. The predicted octanol–water partition coefficient (Wildman–Crippen LogP) is 3.85. The Bertz CT molecular complexity index is 1280. The highest BCUT2D eigenvalue weighted by Crippen LogP contribution is 2.42. The standard InChI is InChI=1S/C22H18N4O4S/c1-26-24-20(23-25-26)17-12-18(13-6-4-8-15(10-13)21(27)29-2)31-19(17)14-7-5-9-16(11-14)22(28)30-3/h4-12H,1-3H3. The van der Waals surface area contributed by atoms with E-state index in [-0.39, 0.29) is 0 Å². The summed E-state index contributed by atoms with van der Waals surface area (Å²) in [4.78, 5) is 27.1. The van der Waals surface area contributed by atoms with E-state index < -0.39 is 11.9 Å². The molecule has 2 aromatic heterocycles. The van der Waals surface area contributed by atoms with Crippen LogP contribution in [0, 0.1) is 0 Å². The first-order valence-corrected chi connectivity index (χ1v) is 10.1. The maximum Gasteiger partial charge on any atom is 0.337 e. The lowest BCUT2D eigenvalue weighted by Crippen LogP contribution is -2.00. The molecule has 4 aromatic rings. The number of ether oxygens (including phenoxy) is 2. The molecule has 0 atom stereocenters. The Balaban J connectivity index is 1.87. The smallest absolute Gasteiger partial charge is 0.337 e. The Kier molecular flexibility index (Phi) is 5.59. The van der Waals surface area contributed by atoms with Crippen LogP contribution in [-0.4, -0.2) is 46.4 Å². The number of aromatic nitrogens is 4. The molecule has 0 bridgehead atoms. The van der Waals surface area contributed by atoms with Crippen LogP contribution in [0.5, 0.6) is 0 Å². The van der Waals surface area contributed by atoms with Crippen LogP contribution in [0.25, 0.3) is 32.3 Å². The van der Waals surface area contributed by atoms with Crippen LogP contribution in [0.1, 0.15) is 20.7 Å². The predicted molar refractivity (Wildman–Crippen MR) is 116 cm³/mol. The summed E-state index contributed by atoms with van der Waals surface area (Å²) in [6.07, 6.45) is 0. The van der Waals surface area contributed by atoms with Crippen LogP contribution < -0.4 is 0 Å². The van der Waals surface area contributed by atoms with E-state index in [1.807, 2.05) is 18.2 Å². The summed E-state index contributed by atoms with van der Waals surface area (Å²) in [5, 5.41) is 12.4. The molecule has 0 N–H and O–H groups in total. The van der Waals surface area contributed by atoms with E-state index in [2.05, 4.69) is 15.4 Å². The number of aryl methyl sites for hydroxylation is 1. The third-order valence-electron chi connectivity index (χ3n) is 4.60. The van der Waals surface area contributed by atoms with Crippen molar-refractivity contribution >= 4 is 23.3 Å². The summed E-state index contributed by atoms with van der Waals surface area (Å²) in [5.41, 5.74) is 3.36. The van der Waals surface area contributed by atoms with Crippen molar-refractivity contribution in [3.05, 3.63) is 65.7 Å². The van der Waals surface area contributed by atoms with Crippen molar-refractivity contribution in [1.29, 1.82) is 0 Å². The van der Waals surface area contributed by atoms with E-state index >= 15 is 0 Å². The minimum Gasteiger partial charge on any atom is -0.465 e. The summed E-state index contributed by atoms with van der Waals surface area (Å²) < 4.78 is 9.68. The minimum absolute atomic E-state index is 0.403. The number of rotatable bonds is 5. The zero-order chi connectivity index (χ0) is 22.0. The van der Waals surface area contributed by atoms with E-state index in [1.54, 1.807) is 43.4 Å². The number of carbonyl (C=O) groups is 2. The van der Waals surface area contributed by atoms with Crippen molar-refractivity contribution in [3.63, 3.8) is 0 Å². The van der Waals surface area contributed by atoms with Gasteiger partial charge in [-0.25, -0.2) is 9.59 Å². The van der Waals surface area contributed by atoms with Gasteiger partial charge in [0.15, 0.2) is 0 Å². The maximum atomic E-state index is 12.0. The fraction of sp³-hybridized carbons (Fsp3) is 0.136. The van der Waals surface area contributed by atoms with Gasteiger partial charge in [-0.1, -0.05) is 24.3 Å².